The zero-order chi connectivity index (χ0) is 14.4. The summed E-state index contributed by atoms with van der Waals surface area (Å²) >= 11 is 0. The van der Waals surface area contributed by atoms with E-state index in [0.29, 0.717) is 5.56 Å². The molecule has 0 aliphatic rings. The van der Waals surface area contributed by atoms with E-state index in [2.05, 4.69) is 4.74 Å². The highest BCUT2D eigenvalue weighted by atomic mass is 16.7. The maximum Gasteiger partial charge on any atom is 0.338 e. The van der Waals surface area contributed by atoms with Crippen LogP contribution in [-0.4, -0.2) is 38.5 Å². The van der Waals surface area contributed by atoms with Crippen molar-refractivity contribution in [3.8, 4) is 0 Å². The number of hydrogen-bond acceptors (Lipinski definition) is 6. The first-order valence-electron chi connectivity index (χ1n) is 5.44. The molecule has 0 bridgehead atoms. The summed E-state index contributed by atoms with van der Waals surface area (Å²) in [5.74, 6) is -0.621. The summed E-state index contributed by atoms with van der Waals surface area (Å²) in [7, 11) is 4.11. The number of carbonyl (C=O) groups excluding carboxylic acids is 1. The quantitative estimate of drug-likeness (QED) is 0.337. The third-order valence-corrected chi connectivity index (χ3v) is 2.62. The Kier molecular flexibility index (Phi) is 5.40. The molecule has 0 radical (unpaired) electrons. The molecule has 0 spiro atoms. The molecule has 0 saturated heterocycles. The van der Waals surface area contributed by atoms with E-state index in [1.165, 1.54) is 39.5 Å². The molecule has 1 rings (SSSR count). The number of nitro benzene ring substituents is 1. The van der Waals surface area contributed by atoms with E-state index in [9.17, 15) is 14.9 Å². The SMILES string of the molecule is COC(=O)c1ccc(CC(OC)OC)c([N+](=O)[O-])c1. The van der Waals surface area contributed by atoms with Gasteiger partial charge in [0.05, 0.1) is 17.6 Å². The van der Waals surface area contributed by atoms with Gasteiger partial charge in [-0.25, -0.2) is 4.79 Å². The zero-order valence-electron chi connectivity index (χ0n) is 10.9. The van der Waals surface area contributed by atoms with Crippen molar-refractivity contribution >= 4 is 11.7 Å². The van der Waals surface area contributed by atoms with Crippen LogP contribution in [0.15, 0.2) is 18.2 Å². The highest BCUT2D eigenvalue weighted by Gasteiger charge is 2.20. The third-order valence-electron chi connectivity index (χ3n) is 2.62. The predicted octanol–water partition coefficient (Wildman–Crippen LogP) is 1.54. The molecule has 0 heterocycles. The van der Waals surface area contributed by atoms with Crippen LogP contribution in [0.2, 0.25) is 0 Å². The second kappa shape index (κ2) is 6.81. The van der Waals surface area contributed by atoms with Crippen LogP contribution in [0.4, 0.5) is 5.69 Å². The number of rotatable bonds is 6. The van der Waals surface area contributed by atoms with Crippen LogP contribution in [0.3, 0.4) is 0 Å². The minimum Gasteiger partial charge on any atom is -0.465 e. The molecule has 0 aliphatic heterocycles. The minimum atomic E-state index is -0.621. The number of hydrogen-bond donors (Lipinski definition) is 0. The molecular formula is C12H15NO6. The van der Waals surface area contributed by atoms with E-state index in [-0.39, 0.29) is 17.7 Å². The molecule has 0 unspecified atom stereocenters. The maximum atomic E-state index is 11.3. The van der Waals surface area contributed by atoms with Crippen LogP contribution in [-0.2, 0) is 20.6 Å². The van der Waals surface area contributed by atoms with E-state index >= 15 is 0 Å². The number of carbonyl (C=O) groups is 1. The first-order chi connectivity index (χ1) is 9.03. The average Bonchev–Trinajstić information content (AvgIpc) is 2.43. The summed E-state index contributed by atoms with van der Waals surface area (Å²) in [5.41, 5.74) is 0.387. The van der Waals surface area contributed by atoms with E-state index < -0.39 is 17.2 Å². The normalized spacial score (nSPS) is 10.5. The van der Waals surface area contributed by atoms with Gasteiger partial charge in [-0.05, 0) is 6.07 Å². The Morgan fingerprint density at radius 1 is 1.32 bits per heavy atom. The van der Waals surface area contributed by atoms with Crippen molar-refractivity contribution in [2.45, 2.75) is 12.7 Å². The summed E-state index contributed by atoms with van der Waals surface area (Å²) in [5, 5.41) is 11.0. The van der Waals surface area contributed by atoms with Crippen molar-refractivity contribution in [1.82, 2.24) is 0 Å². The molecule has 0 aromatic heterocycles. The summed E-state index contributed by atoms with van der Waals surface area (Å²) in [6.07, 6.45) is -0.368. The monoisotopic (exact) mass is 269 g/mol. The molecule has 19 heavy (non-hydrogen) atoms. The Morgan fingerprint density at radius 2 is 1.95 bits per heavy atom. The second-order valence-electron chi connectivity index (χ2n) is 3.70. The smallest absolute Gasteiger partial charge is 0.338 e. The van der Waals surface area contributed by atoms with Crippen LogP contribution < -0.4 is 0 Å². The van der Waals surface area contributed by atoms with Gasteiger partial charge in [0.2, 0.25) is 0 Å². The van der Waals surface area contributed by atoms with Gasteiger partial charge in [-0.1, -0.05) is 6.07 Å². The van der Waals surface area contributed by atoms with Gasteiger partial charge >= 0.3 is 5.97 Å². The summed E-state index contributed by atoms with van der Waals surface area (Å²) < 4.78 is 14.5. The lowest BCUT2D eigenvalue weighted by Crippen LogP contribution is -2.17. The van der Waals surface area contributed by atoms with Gasteiger partial charge in [0.25, 0.3) is 5.69 Å². The van der Waals surface area contributed by atoms with Gasteiger partial charge in [0, 0.05) is 32.3 Å². The first kappa shape index (κ1) is 15.1. The molecule has 1 aromatic carbocycles. The van der Waals surface area contributed by atoms with Gasteiger partial charge in [0.1, 0.15) is 0 Å². The molecule has 7 nitrogen and oxygen atoms in total. The van der Waals surface area contributed by atoms with Crippen LogP contribution in [0.1, 0.15) is 15.9 Å². The minimum absolute atomic E-state index is 0.129. The Labute approximate surface area is 110 Å². The summed E-state index contributed by atoms with van der Waals surface area (Å²) in [6.45, 7) is 0. The van der Waals surface area contributed by atoms with Gasteiger partial charge < -0.3 is 14.2 Å². The summed E-state index contributed by atoms with van der Waals surface area (Å²) in [6, 6.07) is 4.15. The van der Waals surface area contributed by atoms with E-state index in [4.69, 9.17) is 9.47 Å². The average molecular weight is 269 g/mol. The molecule has 0 N–H and O–H groups in total. The van der Waals surface area contributed by atoms with E-state index in [0.717, 1.165) is 0 Å². The van der Waals surface area contributed by atoms with Crippen LogP contribution >= 0.6 is 0 Å². The maximum absolute atomic E-state index is 11.3. The first-order valence-corrected chi connectivity index (χ1v) is 5.44. The van der Waals surface area contributed by atoms with Crippen LogP contribution in [0, 0.1) is 10.1 Å². The molecule has 7 heteroatoms. The third kappa shape index (κ3) is 3.73. The van der Waals surface area contributed by atoms with Gasteiger partial charge in [-0.15, -0.1) is 0 Å². The fraction of sp³-hybridized carbons (Fsp3) is 0.417. The molecule has 0 saturated carbocycles. The molecule has 0 atom stereocenters. The topological polar surface area (TPSA) is 87.9 Å². The van der Waals surface area contributed by atoms with Crippen molar-refractivity contribution in [3.63, 3.8) is 0 Å². The van der Waals surface area contributed by atoms with Crippen molar-refractivity contribution < 1.29 is 23.9 Å². The fourth-order valence-electron chi connectivity index (χ4n) is 1.59. The number of methoxy groups -OCH3 is 3. The lowest BCUT2D eigenvalue weighted by Gasteiger charge is -2.13. The molecule has 0 amide bonds. The van der Waals surface area contributed by atoms with Crippen LogP contribution in [0.25, 0.3) is 0 Å². The van der Waals surface area contributed by atoms with Gasteiger partial charge in [0.15, 0.2) is 6.29 Å². The Hall–Kier alpha value is -1.99. The molecule has 0 fully saturated rings. The zero-order valence-corrected chi connectivity index (χ0v) is 10.9. The number of esters is 1. The summed E-state index contributed by atoms with van der Waals surface area (Å²) in [4.78, 5) is 21.8. The Morgan fingerprint density at radius 3 is 2.42 bits per heavy atom. The highest BCUT2D eigenvalue weighted by Crippen LogP contribution is 2.23. The van der Waals surface area contributed by atoms with E-state index in [1.807, 2.05) is 0 Å². The number of benzene rings is 1. The standard InChI is InChI=1S/C12H15NO6/c1-17-11(18-2)7-8-4-5-9(12(14)19-3)6-10(8)13(15)16/h4-6,11H,7H2,1-3H3. The number of ether oxygens (including phenoxy) is 3. The van der Waals surface area contributed by atoms with Crippen LogP contribution in [0.5, 0.6) is 0 Å². The van der Waals surface area contributed by atoms with Crippen molar-refractivity contribution in [2.75, 3.05) is 21.3 Å². The second-order valence-corrected chi connectivity index (χ2v) is 3.70. The molecule has 0 aliphatic carbocycles. The van der Waals surface area contributed by atoms with Crippen molar-refractivity contribution in [3.05, 3.63) is 39.4 Å². The molecular weight excluding hydrogens is 254 g/mol. The molecule has 1 aromatic rings. The number of nitro groups is 1. The van der Waals surface area contributed by atoms with Gasteiger partial charge in [-0.3, -0.25) is 10.1 Å². The lowest BCUT2D eigenvalue weighted by molar-refractivity contribution is -0.385. The molecule has 104 valence electrons. The van der Waals surface area contributed by atoms with Crippen molar-refractivity contribution in [2.24, 2.45) is 0 Å². The lowest BCUT2D eigenvalue weighted by atomic mass is 10.1. The van der Waals surface area contributed by atoms with Gasteiger partial charge in [-0.2, -0.15) is 0 Å². The fourth-order valence-corrected chi connectivity index (χ4v) is 1.59. The largest absolute Gasteiger partial charge is 0.465 e. The highest BCUT2D eigenvalue weighted by molar-refractivity contribution is 5.90. The Bertz CT molecular complexity index is 469. The van der Waals surface area contributed by atoms with Crippen molar-refractivity contribution in [1.29, 1.82) is 0 Å². The van der Waals surface area contributed by atoms with E-state index in [1.54, 1.807) is 0 Å². The Balaban J connectivity index is 3.11. The number of nitrogens with zero attached hydrogens (tertiary/aromatic N) is 1. The predicted molar refractivity (Wildman–Crippen MR) is 65.9 cm³/mol.